The second-order valence-electron chi connectivity index (χ2n) is 3.44. The SMILES string of the molecule is CC.CCC1CCC1.Cc1cnc[nH]1. The number of aryl methyl sites for hydroxylation is 1. The number of aromatic nitrogens is 2. The second kappa shape index (κ2) is 8.79. The molecule has 0 unspecified atom stereocenters. The predicted octanol–water partition coefficient (Wildman–Crippen LogP) is 3.94. The molecule has 2 heteroatoms. The van der Waals surface area contributed by atoms with E-state index in [4.69, 9.17) is 0 Å². The lowest BCUT2D eigenvalue weighted by Gasteiger charge is -2.22. The average molecular weight is 196 g/mol. The Labute approximate surface area is 88.2 Å². The highest BCUT2D eigenvalue weighted by Gasteiger charge is 2.13. The first kappa shape index (κ1) is 13.2. The fourth-order valence-corrected chi connectivity index (χ4v) is 1.23. The molecule has 0 amide bonds. The van der Waals surface area contributed by atoms with Crippen molar-refractivity contribution in [2.75, 3.05) is 0 Å². The molecule has 1 fully saturated rings. The summed E-state index contributed by atoms with van der Waals surface area (Å²) >= 11 is 0. The van der Waals surface area contributed by atoms with Crippen molar-refractivity contribution in [3.63, 3.8) is 0 Å². The van der Waals surface area contributed by atoms with Gasteiger partial charge in [-0.15, -0.1) is 0 Å². The average Bonchev–Trinajstić information content (AvgIpc) is 2.59. The van der Waals surface area contributed by atoms with Crippen LogP contribution in [-0.2, 0) is 0 Å². The number of aromatic amines is 1. The van der Waals surface area contributed by atoms with E-state index in [-0.39, 0.29) is 0 Å². The van der Waals surface area contributed by atoms with E-state index >= 15 is 0 Å². The quantitative estimate of drug-likeness (QED) is 0.724. The Morgan fingerprint density at radius 3 is 2.14 bits per heavy atom. The van der Waals surface area contributed by atoms with E-state index in [1.54, 1.807) is 12.5 Å². The number of imidazole rings is 1. The molecule has 0 bridgehead atoms. The third-order valence-corrected chi connectivity index (χ3v) is 2.44. The zero-order chi connectivity index (χ0) is 10.8. The molecule has 1 N–H and O–H groups in total. The molecule has 0 aliphatic heterocycles. The van der Waals surface area contributed by atoms with Crippen molar-refractivity contribution in [1.82, 2.24) is 9.97 Å². The number of hydrogen-bond donors (Lipinski definition) is 1. The van der Waals surface area contributed by atoms with Crippen LogP contribution in [-0.4, -0.2) is 9.97 Å². The Bertz CT molecular complexity index is 185. The maximum Gasteiger partial charge on any atom is 0.0921 e. The van der Waals surface area contributed by atoms with Crippen LogP contribution in [0.1, 0.15) is 52.1 Å². The van der Waals surface area contributed by atoms with Crippen molar-refractivity contribution in [1.29, 1.82) is 0 Å². The third-order valence-electron chi connectivity index (χ3n) is 2.44. The fourth-order valence-electron chi connectivity index (χ4n) is 1.23. The Morgan fingerprint density at radius 1 is 1.43 bits per heavy atom. The van der Waals surface area contributed by atoms with E-state index in [0.29, 0.717) is 0 Å². The van der Waals surface area contributed by atoms with Crippen molar-refractivity contribution in [2.45, 2.75) is 53.4 Å². The van der Waals surface area contributed by atoms with E-state index in [9.17, 15) is 0 Å². The monoisotopic (exact) mass is 196 g/mol. The number of nitrogens with one attached hydrogen (secondary N) is 1. The zero-order valence-corrected chi connectivity index (χ0v) is 10.0. The minimum atomic E-state index is 1.11. The maximum atomic E-state index is 3.77. The molecule has 82 valence electrons. The van der Waals surface area contributed by atoms with Gasteiger partial charge in [0.05, 0.1) is 6.33 Å². The third kappa shape index (κ3) is 5.79. The van der Waals surface area contributed by atoms with Gasteiger partial charge >= 0.3 is 0 Å². The smallest absolute Gasteiger partial charge is 0.0921 e. The molecular weight excluding hydrogens is 172 g/mol. The van der Waals surface area contributed by atoms with E-state index in [2.05, 4.69) is 16.9 Å². The minimum absolute atomic E-state index is 1.11. The van der Waals surface area contributed by atoms with Gasteiger partial charge in [0.15, 0.2) is 0 Å². The summed E-state index contributed by atoms with van der Waals surface area (Å²) in [5.74, 6) is 1.12. The molecule has 2 rings (SSSR count). The standard InChI is InChI=1S/C6H12.C4H6N2.C2H6/c1-2-6-4-3-5-6;1-4-2-5-3-6-4;1-2/h6H,2-5H2,1H3;2-3H,1H3,(H,5,6);1-2H3. The van der Waals surface area contributed by atoms with Crippen molar-refractivity contribution in [2.24, 2.45) is 5.92 Å². The van der Waals surface area contributed by atoms with Gasteiger partial charge in [0.2, 0.25) is 0 Å². The summed E-state index contributed by atoms with van der Waals surface area (Å²) in [5, 5.41) is 0. The summed E-state index contributed by atoms with van der Waals surface area (Å²) in [6.45, 7) is 8.25. The Balaban J connectivity index is 0.000000206. The van der Waals surface area contributed by atoms with E-state index in [1.807, 2.05) is 20.8 Å². The van der Waals surface area contributed by atoms with Gasteiger partial charge in [-0.05, 0) is 12.8 Å². The van der Waals surface area contributed by atoms with Gasteiger partial charge in [0.1, 0.15) is 0 Å². The number of H-pyrrole nitrogens is 1. The van der Waals surface area contributed by atoms with Crippen molar-refractivity contribution in [3.05, 3.63) is 18.2 Å². The summed E-state index contributed by atoms with van der Waals surface area (Å²) in [6.07, 6.45) is 9.38. The minimum Gasteiger partial charge on any atom is -0.349 e. The summed E-state index contributed by atoms with van der Waals surface area (Å²) in [7, 11) is 0. The summed E-state index contributed by atoms with van der Waals surface area (Å²) < 4.78 is 0. The number of hydrogen-bond acceptors (Lipinski definition) is 1. The lowest BCUT2D eigenvalue weighted by molar-refractivity contribution is 0.307. The molecule has 2 nitrogen and oxygen atoms in total. The largest absolute Gasteiger partial charge is 0.349 e. The highest BCUT2D eigenvalue weighted by atomic mass is 14.8. The lowest BCUT2D eigenvalue weighted by Crippen LogP contribution is -2.08. The molecule has 1 heterocycles. The van der Waals surface area contributed by atoms with Crippen molar-refractivity contribution < 1.29 is 0 Å². The summed E-state index contributed by atoms with van der Waals surface area (Å²) in [4.78, 5) is 6.66. The number of nitrogens with zero attached hydrogens (tertiary/aromatic N) is 1. The molecule has 0 saturated heterocycles. The van der Waals surface area contributed by atoms with E-state index in [0.717, 1.165) is 11.6 Å². The van der Waals surface area contributed by atoms with Crippen molar-refractivity contribution in [3.8, 4) is 0 Å². The lowest BCUT2D eigenvalue weighted by atomic mass is 9.84. The molecule has 0 radical (unpaired) electrons. The molecule has 1 aromatic rings. The van der Waals surface area contributed by atoms with Gasteiger partial charge in [-0.2, -0.15) is 0 Å². The van der Waals surface area contributed by atoms with Crippen molar-refractivity contribution >= 4 is 0 Å². The molecule has 14 heavy (non-hydrogen) atoms. The van der Waals surface area contributed by atoms with Gasteiger partial charge in [-0.3, -0.25) is 0 Å². The molecule has 0 spiro atoms. The topological polar surface area (TPSA) is 28.7 Å². The van der Waals surface area contributed by atoms with Gasteiger partial charge < -0.3 is 4.98 Å². The summed E-state index contributed by atoms with van der Waals surface area (Å²) in [6, 6.07) is 0. The van der Waals surface area contributed by atoms with Crippen LogP contribution in [0.25, 0.3) is 0 Å². The Morgan fingerprint density at radius 2 is 2.07 bits per heavy atom. The molecule has 1 saturated carbocycles. The Hall–Kier alpha value is -0.790. The molecule has 0 atom stereocenters. The Kier molecular flexibility index (Phi) is 8.30. The second-order valence-corrected chi connectivity index (χ2v) is 3.44. The van der Waals surface area contributed by atoms with E-state index in [1.165, 1.54) is 25.7 Å². The number of rotatable bonds is 1. The van der Waals surface area contributed by atoms with Crippen LogP contribution in [0.2, 0.25) is 0 Å². The van der Waals surface area contributed by atoms with Gasteiger partial charge in [-0.25, -0.2) is 4.98 Å². The van der Waals surface area contributed by atoms with Crippen LogP contribution in [0.15, 0.2) is 12.5 Å². The van der Waals surface area contributed by atoms with Crippen LogP contribution in [0.4, 0.5) is 0 Å². The van der Waals surface area contributed by atoms with Gasteiger partial charge in [0.25, 0.3) is 0 Å². The van der Waals surface area contributed by atoms with Gasteiger partial charge in [0, 0.05) is 11.9 Å². The molecular formula is C12H24N2. The molecule has 0 aromatic carbocycles. The zero-order valence-electron chi connectivity index (χ0n) is 10.0. The van der Waals surface area contributed by atoms with Crippen LogP contribution in [0.5, 0.6) is 0 Å². The molecule has 1 aromatic heterocycles. The predicted molar refractivity (Wildman–Crippen MR) is 62.3 cm³/mol. The fraction of sp³-hybridized carbons (Fsp3) is 0.750. The van der Waals surface area contributed by atoms with Crippen LogP contribution >= 0.6 is 0 Å². The van der Waals surface area contributed by atoms with Crippen LogP contribution in [0, 0.1) is 12.8 Å². The normalized spacial score (nSPS) is 14.3. The maximum absolute atomic E-state index is 3.77. The van der Waals surface area contributed by atoms with Crippen LogP contribution in [0.3, 0.4) is 0 Å². The molecule has 1 aliphatic rings. The van der Waals surface area contributed by atoms with E-state index < -0.39 is 0 Å². The first-order valence-electron chi connectivity index (χ1n) is 5.78. The molecule has 1 aliphatic carbocycles. The highest BCUT2D eigenvalue weighted by Crippen LogP contribution is 2.28. The first-order chi connectivity index (χ1) is 6.83. The van der Waals surface area contributed by atoms with Crippen LogP contribution < -0.4 is 0 Å². The first-order valence-corrected chi connectivity index (χ1v) is 5.78. The highest BCUT2D eigenvalue weighted by molar-refractivity contribution is 4.87. The van der Waals surface area contributed by atoms with Gasteiger partial charge in [-0.1, -0.05) is 46.5 Å². The summed E-state index contributed by atoms with van der Waals surface area (Å²) in [5.41, 5.74) is 1.11.